The van der Waals surface area contributed by atoms with Crippen LogP contribution in [-0.2, 0) is 14.1 Å². The number of hydrogen-bond acceptors (Lipinski definition) is 4. The molecule has 0 aliphatic rings. The highest BCUT2D eigenvalue weighted by Gasteiger charge is 2.20. The van der Waals surface area contributed by atoms with Gasteiger partial charge in [-0.15, -0.1) is 10.2 Å². The summed E-state index contributed by atoms with van der Waals surface area (Å²) in [5, 5.41) is 10.2. The Morgan fingerprint density at radius 1 is 0.821 bits per heavy atom. The largest absolute Gasteiger partial charge is 0.366 e. The summed E-state index contributed by atoms with van der Waals surface area (Å²) < 4.78 is 17.9. The summed E-state index contributed by atoms with van der Waals surface area (Å²) in [6.07, 6.45) is 3.92. The minimum atomic E-state index is -0.304. The molecule has 2 aromatic carbocycles. The Morgan fingerprint density at radius 3 is 2.29 bits per heavy atom. The third-order valence-corrected chi connectivity index (χ3v) is 5.06. The van der Waals surface area contributed by atoms with Gasteiger partial charge in [-0.1, -0.05) is 18.2 Å². The number of aromatic nitrogens is 5. The highest BCUT2D eigenvalue weighted by Crippen LogP contribution is 2.38. The first-order valence-electron chi connectivity index (χ1n) is 8.82. The van der Waals surface area contributed by atoms with Crippen LogP contribution in [0.4, 0.5) is 10.3 Å². The van der Waals surface area contributed by atoms with E-state index in [0.29, 0.717) is 11.4 Å². The summed E-state index contributed by atoms with van der Waals surface area (Å²) in [5.41, 5.74) is 10.7. The van der Waals surface area contributed by atoms with Gasteiger partial charge in [-0.2, -0.15) is 0 Å². The molecule has 6 nitrogen and oxygen atoms in total. The van der Waals surface area contributed by atoms with Crippen molar-refractivity contribution in [1.29, 1.82) is 0 Å². The molecular formula is C21H17FN6. The molecule has 5 rings (SSSR count). The molecule has 0 radical (unpaired) electrons. The molecular weight excluding hydrogens is 355 g/mol. The number of nitrogens with zero attached hydrogens (tertiary/aromatic N) is 5. The predicted molar refractivity (Wildman–Crippen MR) is 108 cm³/mol. The quantitative estimate of drug-likeness (QED) is 0.510. The molecule has 138 valence electrons. The molecule has 7 heteroatoms. The Morgan fingerprint density at radius 2 is 1.50 bits per heavy atom. The lowest BCUT2D eigenvalue weighted by molar-refractivity contribution is 0.629. The van der Waals surface area contributed by atoms with Gasteiger partial charge < -0.3 is 14.9 Å². The summed E-state index contributed by atoms with van der Waals surface area (Å²) in [6, 6.07) is 12.8. The molecule has 0 fully saturated rings. The van der Waals surface area contributed by atoms with Crippen molar-refractivity contribution in [2.45, 2.75) is 0 Å². The van der Waals surface area contributed by atoms with E-state index in [1.807, 2.05) is 59.9 Å². The van der Waals surface area contributed by atoms with Crippen LogP contribution in [0.2, 0.25) is 0 Å². The molecule has 0 unspecified atom stereocenters. The summed E-state index contributed by atoms with van der Waals surface area (Å²) in [7, 11) is 3.90. The monoisotopic (exact) mass is 372 g/mol. The van der Waals surface area contributed by atoms with E-state index in [-0.39, 0.29) is 11.8 Å². The fraction of sp³-hybridized carbons (Fsp3) is 0.0952. The highest BCUT2D eigenvalue weighted by atomic mass is 19.1. The summed E-state index contributed by atoms with van der Waals surface area (Å²) >= 11 is 0. The molecule has 28 heavy (non-hydrogen) atoms. The van der Waals surface area contributed by atoms with E-state index < -0.39 is 0 Å². The number of halogens is 1. The van der Waals surface area contributed by atoms with Gasteiger partial charge >= 0.3 is 0 Å². The van der Waals surface area contributed by atoms with E-state index in [9.17, 15) is 4.39 Å². The molecule has 0 spiro atoms. The van der Waals surface area contributed by atoms with Crippen LogP contribution in [0.25, 0.3) is 44.3 Å². The Bertz CT molecular complexity index is 1360. The zero-order valence-electron chi connectivity index (χ0n) is 15.4. The van der Waals surface area contributed by atoms with Crippen molar-refractivity contribution in [3.05, 3.63) is 60.7 Å². The van der Waals surface area contributed by atoms with E-state index in [1.165, 1.54) is 12.1 Å². The molecule has 3 heterocycles. The normalized spacial score (nSPS) is 11.5. The summed E-state index contributed by atoms with van der Waals surface area (Å²) in [6.45, 7) is 0. The van der Waals surface area contributed by atoms with Crippen molar-refractivity contribution < 1.29 is 4.39 Å². The van der Waals surface area contributed by atoms with Gasteiger partial charge in [-0.3, -0.25) is 0 Å². The van der Waals surface area contributed by atoms with Crippen molar-refractivity contribution in [3.63, 3.8) is 0 Å². The average Bonchev–Trinajstić information content (AvgIpc) is 3.19. The first-order chi connectivity index (χ1) is 13.5. The average molecular weight is 372 g/mol. The molecule has 2 N–H and O–H groups in total. The number of fused-ring (bicyclic) bond motifs is 2. The number of aryl methyl sites for hydroxylation is 2. The van der Waals surface area contributed by atoms with Crippen molar-refractivity contribution in [2.75, 3.05) is 5.73 Å². The summed E-state index contributed by atoms with van der Waals surface area (Å²) in [5.74, 6) is -0.228. The molecule has 0 bridgehead atoms. The van der Waals surface area contributed by atoms with Crippen LogP contribution in [0.5, 0.6) is 0 Å². The number of para-hydroxylation sites is 1. The van der Waals surface area contributed by atoms with Crippen molar-refractivity contribution in [3.8, 4) is 22.5 Å². The van der Waals surface area contributed by atoms with Gasteiger partial charge in [0.2, 0.25) is 5.95 Å². The minimum absolute atomic E-state index is 0.0763. The van der Waals surface area contributed by atoms with E-state index in [2.05, 4.69) is 15.2 Å². The zero-order chi connectivity index (χ0) is 19.4. The van der Waals surface area contributed by atoms with Crippen LogP contribution in [0.1, 0.15) is 0 Å². The molecule has 0 saturated carbocycles. The maximum atomic E-state index is 14.0. The first kappa shape index (κ1) is 16.4. The van der Waals surface area contributed by atoms with E-state index >= 15 is 0 Å². The van der Waals surface area contributed by atoms with Gasteiger partial charge in [0.15, 0.2) is 0 Å². The number of nitrogen functional groups attached to an aromatic ring is 1. The van der Waals surface area contributed by atoms with Crippen LogP contribution >= 0.6 is 0 Å². The van der Waals surface area contributed by atoms with Crippen molar-refractivity contribution in [2.24, 2.45) is 14.1 Å². The number of anilines is 1. The highest BCUT2D eigenvalue weighted by molar-refractivity contribution is 6.02. The molecule has 0 atom stereocenters. The van der Waals surface area contributed by atoms with Gasteiger partial charge in [0, 0.05) is 59.4 Å². The number of rotatable bonds is 2. The Hall–Kier alpha value is -3.74. The van der Waals surface area contributed by atoms with E-state index in [1.54, 1.807) is 6.07 Å². The molecule has 3 aromatic heterocycles. The van der Waals surface area contributed by atoms with Crippen molar-refractivity contribution >= 4 is 27.8 Å². The van der Waals surface area contributed by atoms with Crippen LogP contribution < -0.4 is 5.73 Å². The lowest BCUT2D eigenvalue weighted by atomic mass is 10.0. The Kier molecular flexibility index (Phi) is 3.45. The molecule has 0 amide bonds. The fourth-order valence-electron chi connectivity index (χ4n) is 3.79. The number of nitrogens with two attached hydrogens (primary N) is 1. The molecule has 0 aliphatic carbocycles. The second-order valence-corrected chi connectivity index (χ2v) is 6.85. The van der Waals surface area contributed by atoms with E-state index in [0.717, 1.165) is 32.9 Å². The van der Waals surface area contributed by atoms with Crippen molar-refractivity contribution in [1.82, 2.24) is 24.3 Å². The second-order valence-electron chi connectivity index (χ2n) is 6.85. The van der Waals surface area contributed by atoms with Crippen LogP contribution in [0, 0.1) is 5.82 Å². The first-order valence-corrected chi connectivity index (χ1v) is 8.82. The molecule has 0 aliphatic heterocycles. The maximum absolute atomic E-state index is 14.0. The minimum Gasteiger partial charge on any atom is -0.366 e. The van der Waals surface area contributed by atoms with Gasteiger partial charge in [-0.05, 0) is 24.3 Å². The SMILES string of the molecule is Cn1cc(-c2nnc(N)nc2-c2cn(C)c3ccc(F)cc23)c2ccccc21. The van der Waals surface area contributed by atoms with Gasteiger partial charge in [-0.25, -0.2) is 9.37 Å². The van der Waals surface area contributed by atoms with Gasteiger partial charge in [0.25, 0.3) is 0 Å². The number of benzene rings is 2. The van der Waals surface area contributed by atoms with Crippen LogP contribution in [0.15, 0.2) is 54.9 Å². The van der Waals surface area contributed by atoms with E-state index in [4.69, 9.17) is 5.73 Å². The van der Waals surface area contributed by atoms with Gasteiger partial charge in [0.1, 0.15) is 17.2 Å². The standard InChI is InChI=1S/C21H17FN6/c1-27-10-15(13-5-3-4-6-17(13)27)20-19(24-21(23)26-25-20)16-11-28(2)18-8-7-12(22)9-14(16)18/h3-11H,1-2H3,(H2,23,24,26). The third-order valence-electron chi connectivity index (χ3n) is 5.06. The Balaban J connectivity index is 1.86. The second kappa shape index (κ2) is 5.88. The predicted octanol–water partition coefficient (Wildman–Crippen LogP) is 3.91. The fourth-order valence-corrected chi connectivity index (χ4v) is 3.79. The topological polar surface area (TPSA) is 74.6 Å². The summed E-state index contributed by atoms with van der Waals surface area (Å²) in [4.78, 5) is 4.49. The maximum Gasteiger partial charge on any atom is 0.240 e. The smallest absolute Gasteiger partial charge is 0.240 e. The van der Waals surface area contributed by atoms with Gasteiger partial charge in [0.05, 0.1) is 0 Å². The molecule has 0 saturated heterocycles. The van der Waals surface area contributed by atoms with Crippen LogP contribution in [-0.4, -0.2) is 24.3 Å². The van der Waals surface area contributed by atoms with Crippen LogP contribution in [0.3, 0.4) is 0 Å². The number of hydrogen-bond donors (Lipinski definition) is 1. The zero-order valence-corrected chi connectivity index (χ0v) is 15.4. The third kappa shape index (κ3) is 2.36. The molecule has 5 aromatic rings. The Labute approximate surface area is 160 Å². The lowest BCUT2D eigenvalue weighted by Crippen LogP contribution is -2.02. The lowest BCUT2D eigenvalue weighted by Gasteiger charge is -2.06.